The molecule has 1 rings (SSSR count). The van der Waals surface area contributed by atoms with Crippen molar-refractivity contribution < 1.29 is 14.8 Å². The van der Waals surface area contributed by atoms with Crippen LogP contribution in [0.2, 0.25) is 0 Å². The highest BCUT2D eigenvalue weighted by molar-refractivity contribution is 5.75. The predicted molar refractivity (Wildman–Crippen MR) is 80.3 cm³/mol. The summed E-state index contributed by atoms with van der Waals surface area (Å²) < 4.78 is 0. The van der Waals surface area contributed by atoms with Crippen molar-refractivity contribution in [3.05, 3.63) is 39.9 Å². The van der Waals surface area contributed by atoms with Crippen LogP contribution in [0.25, 0.3) is 0 Å². The minimum absolute atomic E-state index is 0.0922. The van der Waals surface area contributed by atoms with E-state index in [0.717, 1.165) is 0 Å². The third-order valence-corrected chi connectivity index (χ3v) is 4.25. The van der Waals surface area contributed by atoms with Gasteiger partial charge < -0.3 is 10.4 Å². The Bertz CT molecular complexity index is 538. The Balaban J connectivity index is 2.74. The van der Waals surface area contributed by atoms with Gasteiger partial charge in [-0.05, 0) is 40.7 Å². The summed E-state index contributed by atoms with van der Waals surface area (Å²) in [6.07, 6.45) is 0.469. The number of hydrogen-bond donors (Lipinski definition) is 2. The summed E-state index contributed by atoms with van der Waals surface area (Å²) in [6.45, 7) is 7.43. The highest BCUT2D eigenvalue weighted by Crippen LogP contribution is 2.30. The minimum atomic E-state index is -0.949. The van der Waals surface area contributed by atoms with Crippen LogP contribution in [0.1, 0.15) is 33.3 Å². The van der Waals surface area contributed by atoms with E-state index in [2.05, 4.69) is 5.32 Å². The fourth-order valence-corrected chi connectivity index (χ4v) is 1.90. The molecule has 0 saturated heterocycles. The van der Waals surface area contributed by atoms with E-state index in [1.54, 1.807) is 32.0 Å². The molecule has 0 heterocycles. The van der Waals surface area contributed by atoms with Gasteiger partial charge in [-0.15, -0.1) is 0 Å². The molecule has 116 valence electrons. The van der Waals surface area contributed by atoms with Gasteiger partial charge in [-0.3, -0.25) is 14.9 Å². The van der Waals surface area contributed by atoms with Gasteiger partial charge in [0.05, 0.1) is 10.3 Å². The Kier molecular flexibility index (Phi) is 5.06. The summed E-state index contributed by atoms with van der Waals surface area (Å²) in [5, 5.41) is 23.4. The van der Waals surface area contributed by atoms with E-state index >= 15 is 0 Å². The summed E-state index contributed by atoms with van der Waals surface area (Å²) in [6, 6.07) is 6.58. The number of nitrogens with zero attached hydrogens (tertiary/aromatic N) is 1. The average Bonchev–Trinajstić information content (AvgIpc) is 2.38. The lowest BCUT2D eigenvalue weighted by Gasteiger charge is -2.39. The zero-order valence-electron chi connectivity index (χ0n) is 12.8. The van der Waals surface area contributed by atoms with Crippen molar-refractivity contribution >= 4 is 11.7 Å². The van der Waals surface area contributed by atoms with Crippen molar-refractivity contribution in [1.82, 2.24) is 5.32 Å². The number of nitrogens with one attached hydrogen (secondary N) is 1. The van der Waals surface area contributed by atoms with Crippen LogP contribution in [0.4, 0.5) is 5.69 Å². The third-order valence-electron chi connectivity index (χ3n) is 4.25. The first kappa shape index (κ1) is 17.1. The molecule has 0 aliphatic rings. The maximum Gasteiger partial charge on any atom is 0.310 e. The SMILES string of the molecule is CC(C)(NCCc1ccccc1[N+](=O)[O-])C(C)(C)C(=O)O. The monoisotopic (exact) mass is 294 g/mol. The number of nitro groups is 1. The minimum Gasteiger partial charge on any atom is -0.481 e. The molecule has 0 atom stereocenters. The first-order chi connectivity index (χ1) is 9.59. The van der Waals surface area contributed by atoms with E-state index in [1.807, 2.05) is 13.8 Å². The van der Waals surface area contributed by atoms with Crippen molar-refractivity contribution in [2.45, 2.75) is 39.7 Å². The van der Waals surface area contributed by atoms with Crippen LogP contribution < -0.4 is 5.32 Å². The molecule has 21 heavy (non-hydrogen) atoms. The maximum atomic E-state index is 11.3. The molecule has 0 spiro atoms. The molecule has 0 fully saturated rings. The van der Waals surface area contributed by atoms with Crippen LogP contribution in [0.5, 0.6) is 0 Å². The Morgan fingerprint density at radius 3 is 2.38 bits per heavy atom. The zero-order chi connectivity index (χ0) is 16.3. The van der Waals surface area contributed by atoms with Crippen molar-refractivity contribution in [2.24, 2.45) is 5.41 Å². The van der Waals surface area contributed by atoms with E-state index in [4.69, 9.17) is 0 Å². The Morgan fingerprint density at radius 2 is 1.86 bits per heavy atom. The number of carbonyl (C=O) groups is 1. The summed E-state index contributed by atoms with van der Waals surface area (Å²) >= 11 is 0. The molecule has 0 aliphatic heterocycles. The third kappa shape index (κ3) is 3.78. The van der Waals surface area contributed by atoms with Gasteiger partial charge in [0, 0.05) is 17.2 Å². The fraction of sp³-hybridized carbons (Fsp3) is 0.533. The highest BCUT2D eigenvalue weighted by atomic mass is 16.6. The summed E-state index contributed by atoms with van der Waals surface area (Å²) in [4.78, 5) is 21.9. The van der Waals surface area contributed by atoms with Gasteiger partial charge in [0.25, 0.3) is 5.69 Å². The molecule has 0 aromatic heterocycles. The van der Waals surface area contributed by atoms with Gasteiger partial charge in [-0.2, -0.15) is 0 Å². The fourth-order valence-electron chi connectivity index (χ4n) is 1.90. The van der Waals surface area contributed by atoms with Gasteiger partial charge in [-0.25, -0.2) is 0 Å². The number of hydrogen-bond acceptors (Lipinski definition) is 4. The second kappa shape index (κ2) is 6.22. The number of carboxylic acid groups (broad SMARTS) is 1. The largest absolute Gasteiger partial charge is 0.481 e. The molecular weight excluding hydrogens is 272 g/mol. The van der Waals surface area contributed by atoms with E-state index in [1.165, 1.54) is 6.07 Å². The molecule has 0 amide bonds. The molecule has 0 aliphatic carbocycles. The lowest BCUT2D eigenvalue weighted by molar-refractivity contribution is -0.385. The van der Waals surface area contributed by atoms with Gasteiger partial charge in [0.2, 0.25) is 0 Å². The molecule has 0 bridgehead atoms. The van der Waals surface area contributed by atoms with Crippen molar-refractivity contribution in [1.29, 1.82) is 0 Å². The van der Waals surface area contributed by atoms with Crippen LogP contribution in [-0.4, -0.2) is 28.1 Å². The second-order valence-electron chi connectivity index (χ2n) is 6.12. The van der Waals surface area contributed by atoms with Crippen LogP contribution in [0.3, 0.4) is 0 Å². The highest BCUT2D eigenvalue weighted by Gasteiger charge is 2.42. The van der Waals surface area contributed by atoms with Crippen molar-refractivity contribution in [2.75, 3.05) is 6.54 Å². The number of carboxylic acids is 1. The number of benzene rings is 1. The Hall–Kier alpha value is -1.95. The van der Waals surface area contributed by atoms with Crippen LogP contribution in [0, 0.1) is 15.5 Å². The quantitative estimate of drug-likeness (QED) is 0.595. The van der Waals surface area contributed by atoms with Crippen LogP contribution in [-0.2, 0) is 11.2 Å². The second-order valence-corrected chi connectivity index (χ2v) is 6.12. The first-order valence-corrected chi connectivity index (χ1v) is 6.80. The zero-order valence-corrected chi connectivity index (χ0v) is 12.8. The van der Waals surface area contributed by atoms with Gasteiger partial charge in [-0.1, -0.05) is 18.2 Å². The van der Waals surface area contributed by atoms with E-state index in [0.29, 0.717) is 18.5 Å². The maximum absolute atomic E-state index is 11.3. The Morgan fingerprint density at radius 1 is 1.29 bits per heavy atom. The molecule has 0 radical (unpaired) electrons. The number of nitro benzene ring substituents is 1. The standard InChI is InChI=1S/C15H22N2O4/c1-14(2,13(18)19)15(3,4)16-10-9-11-7-5-6-8-12(11)17(20)21/h5-8,16H,9-10H2,1-4H3,(H,18,19). The summed E-state index contributed by atoms with van der Waals surface area (Å²) in [7, 11) is 0. The summed E-state index contributed by atoms with van der Waals surface area (Å²) in [5.41, 5.74) is -0.855. The molecule has 1 aromatic rings. The van der Waals surface area contributed by atoms with E-state index < -0.39 is 21.8 Å². The van der Waals surface area contributed by atoms with Crippen molar-refractivity contribution in [3.8, 4) is 0 Å². The lowest BCUT2D eigenvalue weighted by atomic mass is 9.74. The predicted octanol–water partition coefficient (Wildman–Crippen LogP) is 2.62. The number of rotatable bonds is 7. The topological polar surface area (TPSA) is 92.5 Å². The lowest BCUT2D eigenvalue weighted by Crippen LogP contribution is -2.55. The molecule has 2 N–H and O–H groups in total. The molecular formula is C15H22N2O4. The number of aliphatic carboxylic acids is 1. The molecule has 0 saturated carbocycles. The van der Waals surface area contributed by atoms with Crippen LogP contribution in [0.15, 0.2) is 24.3 Å². The van der Waals surface area contributed by atoms with Crippen molar-refractivity contribution in [3.63, 3.8) is 0 Å². The van der Waals surface area contributed by atoms with Gasteiger partial charge in [0.15, 0.2) is 0 Å². The van der Waals surface area contributed by atoms with E-state index in [9.17, 15) is 20.0 Å². The molecule has 0 unspecified atom stereocenters. The van der Waals surface area contributed by atoms with Crippen LogP contribution >= 0.6 is 0 Å². The Labute approximate surface area is 124 Å². The molecule has 6 heteroatoms. The number of para-hydroxylation sites is 1. The summed E-state index contributed by atoms with van der Waals surface area (Å²) in [5.74, 6) is -0.884. The molecule has 6 nitrogen and oxygen atoms in total. The smallest absolute Gasteiger partial charge is 0.310 e. The van der Waals surface area contributed by atoms with Gasteiger partial charge >= 0.3 is 5.97 Å². The van der Waals surface area contributed by atoms with E-state index in [-0.39, 0.29) is 5.69 Å². The normalized spacial score (nSPS) is 12.2. The molecule has 1 aromatic carbocycles. The average molecular weight is 294 g/mol. The van der Waals surface area contributed by atoms with Gasteiger partial charge in [0.1, 0.15) is 0 Å². The first-order valence-electron chi connectivity index (χ1n) is 6.80.